The van der Waals surface area contributed by atoms with Crippen LogP contribution in [0.15, 0.2) is 40.9 Å². The van der Waals surface area contributed by atoms with Crippen molar-refractivity contribution in [2.45, 2.75) is 6.92 Å². The van der Waals surface area contributed by atoms with Gasteiger partial charge in [0, 0.05) is 12.3 Å². The number of aryl methyl sites for hydroxylation is 1. The van der Waals surface area contributed by atoms with Gasteiger partial charge in [0.25, 0.3) is 0 Å². The Morgan fingerprint density at radius 1 is 1.24 bits per heavy atom. The summed E-state index contributed by atoms with van der Waals surface area (Å²) < 4.78 is 33.3. The number of furan rings is 1. The molecule has 6 heteroatoms. The van der Waals surface area contributed by atoms with Crippen LogP contribution in [0.4, 0.5) is 8.78 Å². The zero-order valence-corrected chi connectivity index (χ0v) is 11.0. The van der Waals surface area contributed by atoms with Crippen molar-refractivity contribution >= 4 is 6.29 Å². The maximum atomic E-state index is 13.8. The number of hydrogen-bond donors (Lipinski definition) is 0. The first kappa shape index (κ1) is 13.2. The maximum Gasteiger partial charge on any atom is 0.155 e. The third kappa shape index (κ3) is 2.35. The summed E-state index contributed by atoms with van der Waals surface area (Å²) in [5.41, 5.74) is 0.615. The average Bonchev–Trinajstić information content (AvgIpc) is 3.04. The summed E-state index contributed by atoms with van der Waals surface area (Å²) in [4.78, 5) is 11.1. The minimum absolute atomic E-state index is 0.0500. The van der Waals surface area contributed by atoms with Crippen molar-refractivity contribution < 1.29 is 18.0 Å². The van der Waals surface area contributed by atoms with E-state index in [0.717, 1.165) is 12.1 Å². The topological polar surface area (TPSA) is 48.0 Å². The first-order valence-electron chi connectivity index (χ1n) is 6.15. The van der Waals surface area contributed by atoms with E-state index in [-0.39, 0.29) is 11.3 Å². The van der Waals surface area contributed by atoms with Crippen LogP contribution in [0.5, 0.6) is 0 Å². The highest BCUT2D eigenvalue weighted by atomic mass is 19.1. The fourth-order valence-corrected chi connectivity index (χ4v) is 2.02. The van der Waals surface area contributed by atoms with Gasteiger partial charge >= 0.3 is 0 Å². The van der Waals surface area contributed by atoms with E-state index in [2.05, 4.69) is 5.10 Å². The predicted octanol–water partition coefficient (Wildman–Crippen LogP) is 3.53. The van der Waals surface area contributed by atoms with Crippen LogP contribution in [0, 0.1) is 18.6 Å². The minimum Gasteiger partial charge on any atom is -0.460 e. The summed E-state index contributed by atoms with van der Waals surface area (Å²) in [6.45, 7) is 1.76. The van der Waals surface area contributed by atoms with Gasteiger partial charge in [-0.25, -0.2) is 13.5 Å². The van der Waals surface area contributed by atoms with Crippen molar-refractivity contribution in [2.24, 2.45) is 0 Å². The molecule has 106 valence electrons. The van der Waals surface area contributed by atoms with Gasteiger partial charge in [-0.1, -0.05) is 0 Å². The first-order valence-corrected chi connectivity index (χ1v) is 6.15. The van der Waals surface area contributed by atoms with Crippen molar-refractivity contribution in [3.8, 4) is 17.1 Å². The molecule has 0 aliphatic carbocycles. The highest BCUT2D eigenvalue weighted by Gasteiger charge is 2.16. The Kier molecular flexibility index (Phi) is 3.13. The monoisotopic (exact) mass is 288 g/mol. The van der Waals surface area contributed by atoms with Gasteiger partial charge in [-0.2, -0.15) is 5.10 Å². The normalized spacial score (nSPS) is 10.8. The summed E-state index contributed by atoms with van der Waals surface area (Å²) in [7, 11) is 0. The Balaban J connectivity index is 2.13. The van der Waals surface area contributed by atoms with Gasteiger partial charge in [-0.15, -0.1) is 0 Å². The average molecular weight is 288 g/mol. The smallest absolute Gasteiger partial charge is 0.155 e. The second kappa shape index (κ2) is 4.97. The fraction of sp³-hybridized carbons (Fsp3) is 0.0667. The van der Waals surface area contributed by atoms with Gasteiger partial charge in [0.05, 0.1) is 5.56 Å². The second-order valence-corrected chi connectivity index (χ2v) is 4.50. The lowest BCUT2D eigenvalue weighted by Gasteiger charge is -2.02. The molecule has 0 saturated heterocycles. The van der Waals surface area contributed by atoms with Gasteiger partial charge in [-0.3, -0.25) is 4.79 Å². The molecule has 0 aliphatic heterocycles. The minimum atomic E-state index is -0.767. The van der Waals surface area contributed by atoms with Crippen LogP contribution in [-0.4, -0.2) is 16.1 Å². The van der Waals surface area contributed by atoms with Crippen LogP contribution in [0.2, 0.25) is 0 Å². The third-order valence-electron chi connectivity index (χ3n) is 3.00. The van der Waals surface area contributed by atoms with Crippen LogP contribution in [-0.2, 0) is 0 Å². The number of carbonyl (C=O) groups is 1. The lowest BCUT2D eigenvalue weighted by molar-refractivity contribution is 0.112. The van der Waals surface area contributed by atoms with E-state index in [1.165, 1.54) is 16.9 Å². The van der Waals surface area contributed by atoms with E-state index in [1.54, 1.807) is 19.1 Å². The molecule has 0 saturated carbocycles. The maximum absolute atomic E-state index is 13.8. The van der Waals surface area contributed by atoms with E-state index >= 15 is 0 Å². The molecule has 1 aromatic carbocycles. The van der Waals surface area contributed by atoms with Crippen LogP contribution in [0.3, 0.4) is 0 Å². The number of rotatable bonds is 3. The molecule has 0 N–H and O–H groups in total. The Labute approximate surface area is 118 Å². The van der Waals surface area contributed by atoms with Gasteiger partial charge in [0.1, 0.15) is 23.0 Å². The zero-order valence-electron chi connectivity index (χ0n) is 11.0. The van der Waals surface area contributed by atoms with Gasteiger partial charge < -0.3 is 4.42 Å². The lowest BCUT2D eigenvalue weighted by Crippen LogP contribution is -1.99. The van der Waals surface area contributed by atoms with Crippen LogP contribution in [0.25, 0.3) is 17.1 Å². The van der Waals surface area contributed by atoms with Crippen LogP contribution in [0.1, 0.15) is 16.1 Å². The molecule has 2 aromatic heterocycles. The van der Waals surface area contributed by atoms with E-state index in [1.807, 2.05) is 0 Å². The van der Waals surface area contributed by atoms with Crippen molar-refractivity contribution in [2.75, 3.05) is 0 Å². The largest absolute Gasteiger partial charge is 0.460 e. The summed E-state index contributed by atoms with van der Waals surface area (Å²) in [6.07, 6.45) is 1.98. The third-order valence-corrected chi connectivity index (χ3v) is 3.00. The first-order chi connectivity index (χ1) is 10.1. The Bertz CT molecular complexity index is 821. The number of carbonyl (C=O) groups excluding carboxylic acids is 1. The van der Waals surface area contributed by atoms with Crippen molar-refractivity contribution in [3.63, 3.8) is 0 Å². The number of hydrogen-bond acceptors (Lipinski definition) is 3. The molecule has 21 heavy (non-hydrogen) atoms. The second-order valence-electron chi connectivity index (χ2n) is 4.50. The van der Waals surface area contributed by atoms with Crippen LogP contribution < -0.4 is 0 Å². The van der Waals surface area contributed by atoms with Crippen molar-refractivity contribution in [1.82, 2.24) is 9.78 Å². The predicted molar refractivity (Wildman–Crippen MR) is 71.3 cm³/mol. The zero-order chi connectivity index (χ0) is 15.0. The molecule has 0 bridgehead atoms. The summed E-state index contributed by atoms with van der Waals surface area (Å²) in [5, 5.41) is 4.15. The van der Waals surface area contributed by atoms with E-state index in [0.29, 0.717) is 23.5 Å². The molecule has 2 heterocycles. The fourth-order valence-electron chi connectivity index (χ4n) is 2.02. The summed E-state index contributed by atoms with van der Waals surface area (Å²) in [6, 6.07) is 6.55. The van der Waals surface area contributed by atoms with E-state index in [9.17, 15) is 13.6 Å². The molecule has 3 aromatic rings. The molecule has 3 rings (SSSR count). The van der Waals surface area contributed by atoms with Crippen molar-refractivity contribution in [3.05, 3.63) is 59.5 Å². The van der Waals surface area contributed by atoms with E-state index in [4.69, 9.17) is 4.42 Å². The molecule has 0 radical (unpaired) electrons. The Hall–Kier alpha value is -2.76. The number of aromatic nitrogens is 2. The number of benzene rings is 1. The highest BCUT2D eigenvalue weighted by Crippen LogP contribution is 2.25. The summed E-state index contributed by atoms with van der Waals surface area (Å²) >= 11 is 0. The van der Waals surface area contributed by atoms with Gasteiger partial charge in [0.15, 0.2) is 17.9 Å². The Morgan fingerprint density at radius 3 is 2.67 bits per heavy atom. The standard InChI is InChI=1S/C15H10F2N2O2/c1-9-2-5-14(21-9)15-10(8-20)7-19(18-15)13-4-3-11(16)6-12(13)17/h2-8H,1H3. The quantitative estimate of drug-likeness (QED) is 0.693. The van der Waals surface area contributed by atoms with E-state index < -0.39 is 11.6 Å². The van der Waals surface area contributed by atoms with Crippen molar-refractivity contribution in [1.29, 1.82) is 0 Å². The molecule has 0 fully saturated rings. The molecule has 0 atom stereocenters. The molecular weight excluding hydrogens is 278 g/mol. The molecular formula is C15H10F2N2O2. The summed E-state index contributed by atoms with van der Waals surface area (Å²) in [5.74, 6) is -0.363. The molecule has 0 unspecified atom stereocenters. The molecule has 4 nitrogen and oxygen atoms in total. The molecule has 0 spiro atoms. The highest BCUT2D eigenvalue weighted by molar-refractivity contribution is 5.84. The number of nitrogens with zero attached hydrogens (tertiary/aromatic N) is 2. The van der Waals surface area contributed by atoms with Gasteiger partial charge in [-0.05, 0) is 31.2 Å². The number of aldehydes is 1. The molecule has 0 amide bonds. The van der Waals surface area contributed by atoms with Crippen LogP contribution >= 0.6 is 0 Å². The SMILES string of the molecule is Cc1ccc(-c2nn(-c3ccc(F)cc3F)cc2C=O)o1. The molecule has 0 aliphatic rings. The Morgan fingerprint density at radius 2 is 2.05 bits per heavy atom. The van der Waals surface area contributed by atoms with Gasteiger partial charge in [0.2, 0.25) is 0 Å². The number of halogens is 2. The lowest BCUT2D eigenvalue weighted by atomic mass is 10.2.